The van der Waals surface area contributed by atoms with Crippen molar-refractivity contribution in [3.05, 3.63) is 130 Å². The summed E-state index contributed by atoms with van der Waals surface area (Å²) in [5, 5.41) is 11.4. The van der Waals surface area contributed by atoms with Crippen LogP contribution in [0.4, 0.5) is 5.69 Å². The average Bonchev–Trinajstić information content (AvgIpc) is 3.22. The number of rotatable bonds is 7. The number of ketones is 1. The van der Waals surface area contributed by atoms with Crippen LogP contribution in [0.5, 0.6) is 11.5 Å². The van der Waals surface area contributed by atoms with E-state index in [1.165, 1.54) is 12.0 Å². The first-order valence-corrected chi connectivity index (χ1v) is 12.7. The molecule has 1 fully saturated rings. The minimum absolute atomic E-state index is 0.00822. The molecule has 1 unspecified atom stereocenters. The van der Waals surface area contributed by atoms with E-state index < -0.39 is 17.7 Å². The number of hydrogen-bond acceptors (Lipinski definition) is 5. The van der Waals surface area contributed by atoms with E-state index in [0.29, 0.717) is 39.4 Å². The molecule has 4 aromatic rings. The van der Waals surface area contributed by atoms with Crippen LogP contribution in [0, 0.1) is 0 Å². The number of nitrogens with zero attached hydrogens (tertiary/aromatic N) is 1. The second-order valence-corrected chi connectivity index (χ2v) is 9.55. The standard InChI is InChI=1S/C31H24BrNO5/c1-37-26-17-14-22(18-25(26)32)29(34)27-28(33(31(36)30(27)35)23-10-6-3-7-11-23)21-12-15-24(16-13-21)38-19-20-8-4-2-5-9-20/h2-18,28,34H,19H2,1H3/b29-27-. The van der Waals surface area contributed by atoms with E-state index in [-0.39, 0.29) is 11.3 Å². The van der Waals surface area contributed by atoms with Crippen molar-refractivity contribution in [1.29, 1.82) is 0 Å². The summed E-state index contributed by atoms with van der Waals surface area (Å²) >= 11 is 3.42. The van der Waals surface area contributed by atoms with Crippen molar-refractivity contribution in [1.82, 2.24) is 0 Å². The highest BCUT2D eigenvalue weighted by molar-refractivity contribution is 9.10. The van der Waals surface area contributed by atoms with Crippen molar-refractivity contribution in [2.45, 2.75) is 12.6 Å². The highest BCUT2D eigenvalue weighted by atomic mass is 79.9. The maximum Gasteiger partial charge on any atom is 0.300 e. The van der Waals surface area contributed by atoms with Crippen LogP contribution in [0.1, 0.15) is 22.7 Å². The summed E-state index contributed by atoms with van der Waals surface area (Å²) < 4.78 is 11.8. The Balaban J connectivity index is 1.56. The predicted octanol–water partition coefficient (Wildman–Crippen LogP) is 6.66. The van der Waals surface area contributed by atoms with E-state index in [9.17, 15) is 14.7 Å². The lowest BCUT2D eigenvalue weighted by Crippen LogP contribution is -2.29. The van der Waals surface area contributed by atoms with Crippen LogP contribution in [0.25, 0.3) is 5.76 Å². The van der Waals surface area contributed by atoms with E-state index in [2.05, 4.69) is 15.9 Å². The summed E-state index contributed by atoms with van der Waals surface area (Å²) in [5.41, 5.74) is 2.65. The number of carbonyl (C=O) groups is 2. The van der Waals surface area contributed by atoms with Crippen LogP contribution in [0.15, 0.2) is 113 Å². The Hall–Kier alpha value is -4.36. The molecule has 0 bridgehead atoms. The second kappa shape index (κ2) is 10.9. The van der Waals surface area contributed by atoms with Crippen LogP contribution >= 0.6 is 15.9 Å². The zero-order valence-corrected chi connectivity index (χ0v) is 22.1. The summed E-state index contributed by atoms with van der Waals surface area (Å²) in [5.74, 6) is -0.505. The van der Waals surface area contributed by atoms with Crippen molar-refractivity contribution in [2.24, 2.45) is 0 Å². The maximum absolute atomic E-state index is 13.4. The lowest BCUT2D eigenvalue weighted by molar-refractivity contribution is -0.132. The number of amides is 1. The average molecular weight is 570 g/mol. The van der Waals surface area contributed by atoms with Gasteiger partial charge < -0.3 is 14.6 Å². The van der Waals surface area contributed by atoms with Gasteiger partial charge in [-0.2, -0.15) is 0 Å². The molecule has 5 rings (SSSR count). The molecule has 0 spiro atoms. The number of carbonyl (C=O) groups excluding carboxylic acids is 2. The van der Waals surface area contributed by atoms with Crippen molar-refractivity contribution in [2.75, 3.05) is 12.0 Å². The molecule has 1 atom stereocenters. The molecule has 1 amide bonds. The number of ether oxygens (including phenoxy) is 2. The van der Waals surface area contributed by atoms with E-state index in [4.69, 9.17) is 9.47 Å². The van der Waals surface area contributed by atoms with Crippen molar-refractivity contribution in [3.63, 3.8) is 0 Å². The Morgan fingerprint density at radius 3 is 2.18 bits per heavy atom. The van der Waals surface area contributed by atoms with Gasteiger partial charge in [0.25, 0.3) is 11.7 Å². The number of para-hydroxylation sites is 1. The number of hydrogen-bond donors (Lipinski definition) is 1. The molecule has 1 heterocycles. The van der Waals surface area contributed by atoms with Gasteiger partial charge in [0.2, 0.25) is 0 Å². The SMILES string of the molecule is COc1ccc(/C(O)=C2/C(=O)C(=O)N(c3ccccc3)C2c2ccc(OCc3ccccc3)cc2)cc1Br. The van der Waals surface area contributed by atoms with Crippen molar-refractivity contribution >= 4 is 39.1 Å². The smallest absolute Gasteiger partial charge is 0.300 e. The molecule has 190 valence electrons. The van der Waals surface area contributed by atoms with Gasteiger partial charge >= 0.3 is 0 Å². The van der Waals surface area contributed by atoms with Crippen LogP contribution in [-0.2, 0) is 16.2 Å². The summed E-state index contributed by atoms with van der Waals surface area (Å²) in [6.45, 7) is 0.412. The molecule has 0 radical (unpaired) electrons. The van der Waals surface area contributed by atoms with Gasteiger partial charge in [0.1, 0.15) is 23.9 Å². The molecule has 38 heavy (non-hydrogen) atoms. The Labute approximate surface area is 228 Å². The largest absolute Gasteiger partial charge is 0.507 e. The lowest BCUT2D eigenvalue weighted by Gasteiger charge is -2.25. The summed E-state index contributed by atoms with van der Waals surface area (Å²) in [7, 11) is 1.54. The molecular weight excluding hydrogens is 546 g/mol. The highest BCUT2D eigenvalue weighted by Gasteiger charge is 2.47. The van der Waals surface area contributed by atoms with Gasteiger partial charge in [0, 0.05) is 11.3 Å². The van der Waals surface area contributed by atoms with E-state index in [1.54, 1.807) is 54.6 Å². The number of aliphatic hydroxyl groups is 1. The zero-order valence-electron chi connectivity index (χ0n) is 20.5. The first kappa shape index (κ1) is 25.3. The van der Waals surface area contributed by atoms with E-state index >= 15 is 0 Å². The first-order valence-electron chi connectivity index (χ1n) is 11.9. The molecule has 0 saturated carbocycles. The van der Waals surface area contributed by atoms with Gasteiger partial charge in [-0.15, -0.1) is 0 Å². The third-order valence-electron chi connectivity index (χ3n) is 6.35. The minimum Gasteiger partial charge on any atom is -0.507 e. The van der Waals surface area contributed by atoms with Crippen molar-refractivity contribution < 1.29 is 24.2 Å². The number of Topliss-reactive ketones (excluding diaryl/α,β-unsaturated/α-hetero) is 1. The molecule has 0 aromatic heterocycles. The molecule has 1 aliphatic heterocycles. The normalized spacial score (nSPS) is 16.5. The maximum atomic E-state index is 13.4. The summed E-state index contributed by atoms with van der Waals surface area (Å²) in [6.07, 6.45) is 0. The summed E-state index contributed by atoms with van der Waals surface area (Å²) in [6, 6.07) is 30.2. The number of anilines is 1. The minimum atomic E-state index is -0.832. The lowest BCUT2D eigenvalue weighted by atomic mass is 9.95. The number of benzene rings is 4. The quantitative estimate of drug-likeness (QED) is 0.153. The third kappa shape index (κ3) is 4.93. The van der Waals surface area contributed by atoms with Crippen LogP contribution in [0.2, 0.25) is 0 Å². The van der Waals surface area contributed by atoms with Crippen LogP contribution in [-0.4, -0.2) is 23.9 Å². The van der Waals surface area contributed by atoms with Gasteiger partial charge in [-0.3, -0.25) is 14.5 Å². The topological polar surface area (TPSA) is 76.1 Å². The molecule has 1 aliphatic rings. The Bertz CT molecular complexity index is 1500. The monoisotopic (exact) mass is 569 g/mol. The molecular formula is C31H24BrNO5. The predicted molar refractivity (Wildman–Crippen MR) is 149 cm³/mol. The molecule has 1 saturated heterocycles. The van der Waals surface area contributed by atoms with Gasteiger partial charge in [-0.25, -0.2) is 0 Å². The number of methoxy groups -OCH3 is 1. The summed E-state index contributed by atoms with van der Waals surface area (Å²) in [4.78, 5) is 28.1. The number of aliphatic hydroxyl groups excluding tert-OH is 1. The third-order valence-corrected chi connectivity index (χ3v) is 6.97. The van der Waals surface area contributed by atoms with E-state index in [1.807, 2.05) is 48.5 Å². The van der Waals surface area contributed by atoms with Gasteiger partial charge in [0.05, 0.1) is 23.2 Å². The Kier molecular flexibility index (Phi) is 7.29. The highest BCUT2D eigenvalue weighted by Crippen LogP contribution is 2.43. The second-order valence-electron chi connectivity index (χ2n) is 8.70. The molecule has 4 aromatic carbocycles. The van der Waals surface area contributed by atoms with Crippen LogP contribution < -0.4 is 14.4 Å². The van der Waals surface area contributed by atoms with Gasteiger partial charge in [0.15, 0.2) is 0 Å². The fourth-order valence-corrected chi connectivity index (χ4v) is 5.00. The van der Waals surface area contributed by atoms with Gasteiger partial charge in [-0.1, -0.05) is 60.7 Å². The van der Waals surface area contributed by atoms with Crippen molar-refractivity contribution in [3.8, 4) is 11.5 Å². The van der Waals surface area contributed by atoms with Crippen LogP contribution in [0.3, 0.4) is 0 Å². The molecule has 7 heteroatoms. The fraction of sp³-hybridized carbons (Fsp3) is 0.0968. The zero-order chi connectivity index (χ0) is 26.6. The Morgan fingerprint density at radius 1 is 0.895 bits per heavy atom. The Morgan fingerprint density at radius 2 is 1.55 bits per heavy atom. The van der Waals surface area contributed by atoms with Gasteiger partial charge in [-0.05, 0) is 69.5 Å². The molecule has 6 nitrogen and oxygen atoms in total. The number of halogens is 1. The van der Waals surface area contributed by atoms with E-state index in [0.717, 1.165) is 5.56 Å². The first-order chi connectivity index (χ1) is 18.5. The molecule has 1 N–H and O–H groups in total. The molecule has 0 aliphatic carbocycles. The fourth-order valence-electron chi connectivity index (χ4n) is 4.46.